The highest BCUT2D eigenvalue weighted by Crippen LogP contribution is 2.10. The molecule has 0 heterocycles. The molecule has 0 aliphatic heterocycles. The van der Waals surface area contributed by atoms with Crippen LogP contribution in [0.1, 0.15) is 27.7 Å². The molecule has 3 nitrogen and oxygen atoms in total. The Hall–Kier alpha value is 0.629. The van der Waals surface area contributed by atoms with Gasteiger partial charge >= 0.3 is 15.1 Å². The third-order valence-corrected chi connectivity index (χ3v) is 6.35. The smallest absolute Gasteiger partial charge is 0.499 e. The summed E-state index contributed by atoms with van der Waals surface area (Å²) >= 11 is -1.91. The monoisotopic (exact) mass is 234 g/mol. The molecule has 0 bridgehead atoms. The van der Waals surface area contributed by atoms with E-state index in [0.29, 0.717) is 0 Å². The molecule has 0 aromatic rings. The molecular weight excluding hydrogens is 211 g/mol. The van der Waals surface area contributed by atoms with Crippen LogP contribution in [0.5, 0.6) is 0 Å². The maximum absolute atomic E-state index is 5.89. The van der Waals surface area contributed by atoms with Crippen LogP contribution in [0.3, 0.4) is 0 Å². The summed E-state index contributed by atoms with van der Waals surface area (Å²) in [6.45, 7) is 14.5. The molecule has 0 saturated heterocycles. The van der Waals surface area contributed by atoms with Crippen LogP contribution in [0.4, 0.5) is 0 Å². The summed E-state index contributed by atoms with van der Waals surface area (Å²) in [4.78, 5) is 0. The lowest BCUT2D eigenvalue weighted by atomic mass is 10.5. The largest absolute Gasteiger partial charge is 0.894 e. The first-order chi connectivity index (χ1) is 6.20. The zero-order chi connectivity index (χ0) is 11.4. The summed E-state index contributed by atoms with van der Waals surface area (Å²) < 4.78 is 17.2. The zero-order valence-electron chi connectivity index (χ0n) is 10.5. The summed E-state index contributed by atoms with van der Waals surface area (Å²) in [6, 6.07) is 0. The maximum atomic E-state index is 5.89. The Morgan fingerprint density at radius 2 is 1.21 bits per heavy atom. The first-order valence-corrected chi connectivity index (χ1v) is 10.0. The van der Waals surface area contributed by atoms with E-state index in [1.807, 2.05) is 27.7 Å². The molecule has 0 atom stereocenters. The Balaban J connectivity index is 4.11. The maximum Gasteiger partial charge on any atom is 0.894 e. The minimum atomic E-state index is -1.91. The van der Waals surface area contributed by atoms with Crippen molar-refractivity contribution in [1.29, 1.82) is 0 Å². The van der Waals surface area contributed by atoms with Gasteiger partial charge in [0.25, 0.3) is 0 Å². The third kappa shape index (κ3) is 9.19. The molecule has 0 radical (unpaired) electrons. The van der Waals surface area contributed by atoms with Crippen molar-refractivity contribution < 1.29 is 11.1 Å². The molecule has 0 rings (SSSR count). The van der Waals surface area contributed by atoms with Gasteiger partial charge in [0.2, 0.25) is 0 Å². The van der Waals surface area contributed by atoms with Crippen LogP contribution in [0, 0.1) is 0 Å². The van der Waals surface area contributed by atoms with Gasteiger partial charge in [-0.05, 0) is 47.3 Å². The second-order valence-electron chi connectivity index (χ2n) is 4.89. The van der Waals surface area contributed by atoms with Crippen molar-refractivity contribution in [3.63, 3.8) is 0 Å². The first-order valence-electron chi connectivity index (χ1n) is 5.19. The van der Waals surface area contributed by atoms with Crippen molar-refractivity contribution in [2.45, 2.75) is 59.5 Å². The predicted octanol–water partition coefficient (Wildman–Crippen LogP) is 2.67. The summed E-state index contributed by atoms with van der Waals surface area (Å²) in [5.41, 5.74) is 0. The van der Waals surface area contributed by atoms with Crippen LogP contribution < -0.4 is 0 Å². The summed E-state index contributed by atoms with van der Waals surface area (Å²) in [6.07, 6.45) is 0.364. The molecule has 0 amide bonds. The first kappa shape index (κ1) is 14.6. The molecule has 0 spiro atoms. The Labute approximate surface area is 94.3 Å². The molecule has 0 aromatic carbocycles. The van der Waals surface area contributed by atoms with Crippen LogP contribution in [0.25, 0.3) is 0 Å². The van der Waals surface area contributed by atoms with Gasteiger partial charge in [-0.1, -0.05) is 0 Å². The molecule has 14 heavy (non-hydrogen) atoms. The molecule has 0 N–H and O–H groups in total. The lowest BCUT2D eigenvalue weighted by molar-refractivity contribution is 0.0833. The molecule has 0 aliphatic carbocycles. The van der Waals surface area contributed by atoms with Gasteiger partial charge in [0.05, 0.1) is 0 Å². The average Bonchev–Trinajstić information content (AvgIpc) is 1.77. The van der Waals surface area contributed by atoms with E-state index in [1.165, 1.54) is 0 Å². The van der Waals surface area contributed by atoms with Crippen LogP contribution in [-0.4, -0.2) is 35.7 Å². The second-order valence-corrected chi connectivity index (χ2v) is 11.2. The van der Waals surface area contributed by atoms with E-state index in [2.05, 4.69) is 19.6 Å². The van der Waals surface area contributed by atoms with E-state index in [1.54, 1.807) is 0 Å². The lowest BCUT2D eigenvalue weighted by Crippen LogP contribution is -2.41. The molecule has 0 saturated carbocycles. The number of hydrogen-bond donors (Lipinski definition) is 0. The molecular formula is C9H23AlO3Si. The van der Waals surface area contributed by atoms with Crippen LogP contribution in [0.2, 0.25) is 19.6 Å². The second kappa shape index (κ2) is 6.26. The van der Waals surface area contributed by atoms with Gasteiger partial charge in [-0.2, -0.15) is 0 Å². The van der Waals surface area contributed by atoms with Crippen molar-refractivity contribution in [3.8, 4) is 0 Å². The van der Waals surface area contributed by atoms with E-state index < -0.39 is 23.5 Å². The fourth-order valence-corrected chi connectivity index (χ4v) is 4.53. The Morgan fingerprint density at radius 1 is 0.857 bits per heavy atom. The van der Waals surface area contributed by atoms with E-state index >= 15 is 0 Å². The quantitative estimate of drug-likeness (QED) is 0.661. The highest BCUT2D eigenvalue weighted by molar-refractivity contribution is 6.74. The number of hydrogen-bond acceptors (Lipinski definition) is 3. The van der Waals surface area contributed by atoms with Crippen molar-refractivity contribution >= 4 is 23.5 Å². The summed E-state index contributed by atoms with van der Waals surface area (Å²) in [5, 5.41) is 0. The topological polar surface area (TPSA) is 27.7 Å². The average molecular weight is 234 g/mol. The van der Waals surface area contributed by atoms with Gasteiger partial charge in [0, 0.05) is 12.2 Å². The SMILES string of the molecule is CC(C)[O][Al]([O]C(C)C)[O][Si](C)(C)C. The van der Waals surface area contributed by atoms with E-state index in [-0.39, 0.29) is 12.2 Å². The van der Waals surface area contributed by atoms with Gasteiger partial charge < -0.3 is 11.1 Å². The standard InChI is InChI=1S/C3H9OSi.2C3H7O.Al/c1-5(2,3)4;2*1-3(2)4;/h1-3H3;2*3H,1-2H3;/q3*-1;+3. The predicted molar refractivity (Wildman–Crippen MR) is 62.6 cm³/mol. The fraction of sp³-hybridized carbons (Fsp3) is 1.00. The van der Waals surface area contributed by atoms with E-state index in [0.717, 1.165) is 0 Å². The molecule has 84 valence electrons. The molecule has 5 heteroatoms. The van der Waals surface area contributed by atoms with E-state index in [4.69, 9.17) is 11.1 Å². The van der Waals surface area contributed by atoms with Gasteiger partial charge in [-0.3, -0.25) is 0 Å². The van der Waals surface area contributed by atoms with Crippen molar-refractivity contribution in [3.05, 3.63) is 0 Å². The van der Waals surface area contributed by atoms with Crippen LogP contribution in [-0.2, 0) is 11.1 Å². The van der Waals surface area contributed by atoms with Crippen molar-refractivity contribution in [2.24, 2.45) is 0 Å². The Morgan fingerprint density at radius 3 is 1.43 bits per heavy atom. The molecule has 0 unspecified atom stereocenters. The Bertz CT molecular complexity index is 147. The lowest BCUT2D eigenvalue weighted by Gasteiger charge is -2.25. The van der Waals surface area contributed by atoms with Crippen molar-refractivity contribution in [1.82, 2.24) is 0 Å². The zero-order valence-corrected chi connectivity index (χ0v) is 12.6. The number of rotatable bonds is 6. The van der Waals surface area contributed by atoms with Gasteiger partial charge in [0.15, 0.2) is 8.32 Å². The molecule has 0 aliphatic rings. The summed E-state index contributed by atoms with van der Waals surface area (Å²) in [7, 11) is -1.54. The molecule has 0 aromatic heterocycles. The minimum Gasteiger partial charge on any atom is -0.499 e. The highest BCUT2D eigenvalue weighted by atomic mass is 28.4. The van der Waals surface area contributed by atoms with Gasteiger partial charge in [0.1, 0.15) is 0 Å². The van der Waals surface area contributed by atoms with Gasteiger partial charge in [-0.25, -0.2) is 0 Å². The van der Waals surface area contributed by atoms with E-state index in [9.17, 15) is 0 Å². The van der Waals surface area contributed by atoms with Crippen molar-refractivity contribution in [2.75, 3.05) is 0 Å². The highest BCUT2D eigenvalue weighted by Gasteiger charge is 2.37. The van der Waals surface area contributed by atoms with Crippen LogP contribution in [0.15, 0.2) is 0 Å². The normalized spacial score (nSPS) is 12.6. The third-order valence-electron chi connectivity index (χ3n) is 1.22. The molecule has 0 fully saturated rings. The summed E-state index contributed by atoms with van der Waals surface area (Å²) in [5.74, 6) is 0. The Kier molecular flexibility index (Phi) is 6.55. The fourth-order valence-electron chi connectivity index (χ4n) is 0.821. The van der Waals surface area contributed by atoms with Gasteiger partial charge in [-0.15, -0.1) is 0 Å². The minimum absolute atomic E-state index is 0.182. The van der Waals surface area contributed by atoms with Crippen LogP contribution >= 0.6 is 0 Å².